The van der Waals surface area contributed by atoms with Crippen LogP contribution in [0.1, 0.15) is 239 Å². The van der Waals surface area contributed by atoms with E-state index in [2.05, 4.69) is 130 Å². The summed E-state index contributed by atoms with van der Waals surface area (Å²) in [5.41, 5.74) is 0. The Morgan fingerprint density at radius 3 is 0.940 bits per heavy atom. The fraction of sp³-hybridized carbons (Fsp3) is 0.656. The van der Waals surface area contributed by atoms with E-state index in [1.165, 1.54) is 70.6 Å². The molecule has 0 saturated carbocycles. The molecule has 0 aliphatic carbocycles. The molecular formula is C61H100O6. The SMILES string of the molecule is CC/C=C\C/C=C\C/C=C\C/C=C\CCCCC(=O)OC[C@H](COC(=O)CCCCCCC/C=C\C/C=C\C/C=C\CC)OC(=O)CCCCCCCCCCC/C=C\C/C=C\CCCCC. The summed E-state index contributed by atoms with van der Waals surface area (Å²) in [6.07, 6.45) is 73.6. The molecule has 0 N–H and O–H groups in total. The van der Waals surface area contributed by atoms with Crippen LogP contribution in [0, 0.1) is 0 Å². The number of carbonyl (C=O) groups is 3. The van der Waals surface area contributed by atoms with Gasteiger partial charge in [0.2, 0.25) is 0 Å². The molecular weight excluding hydrogens is 829 g/mol. The summed E-state index contributed by atoms with van der Waals surface area (Å²) in [5.74, 6) is -0.968. The maximum atomic E-state index is 12.8. The Kier molecular flexibility index (Phi) is 51.5. The highest BCUT2D eigenvalue weighted by molar-refractivity contribution is 5.71. The van der Waals surface area contributed by atoms with Crippen molar-refractivity contribution in [3.63, 3.8) is 0 Å². The van der Waals surface area contributed by atoms with Crippen molar-refractivity contribution in [1.29, 1.82) is 0 Å². The van der Waals surface area contributed by atoms with Crippen molar-refractivity contribution in [2.24, 2.45) is 0 Å². The number of hydrogen-bond donors (Lipinski definition) is 0. The molecule has 0 saturated heterocycles. The fourth-order valence-electron chi connectivity index (χ4n) is 7.18. The summed E-state index contributed by atoms with van der Waals surface area (Å²) in [7, 11) is 0. The first-order valence-electron chi connectivity index (χ1n) is 27.4. The van der Waals surface area contributed by atoms with Crippen molar-refractivity contribution in [2.45, 2.75) is 245 Å². The Labute approximate surface area is 412 Å². The van der Waals surface area contributed by atoms with E-state index in [0.29, 0.717) is 19.3 Å². The Balaban J connectivity index is 4.48. The first-order chi connectivity index (χ1) is 33.0. The molecule has 0 aromatic rings. The number of carbonyl (C=O) groups excluding carboxylic acids is 3. The van der Waals surface area contributed by atoms with Crippen molar-refractivity contribution in [2.75, 3.05) is 13.2 Å². The lowest BCUT2D eigenvalue weighted by molar-refractivity contribution is -0.167. The molecule has 0 aromatic heterocycles. The Bertz CT molecular complexity index is 1390. The third kappa shape index (κ3) is 52.9. The number of rotatable bonds is 48. The van der Waals surface area contributed by atoms with Gasteiger partial charge in [0.05, 0.1) is 0 Å². The molecule has 0 unspecified atom stereocenters. The minimum atomic E-state index is -0.807. The largest absolute Gasteiger partial charge is 0.462 e. The monoisotopic (exact) mass is 929 g/mol. The number of ether oxygens (including phenoxy) is 3. The van der Waals surface area contributed by atoms with E-state index in [4.69, 9.17) is 14.2 Å². The minimum absolute atomic E-state index is 0.104. The van der Waals surface area contributed by atoms with Gasteiger partial charge in [-0.1, -0.05) is 207 Å². The molecule has 0 aliphatic heterocycles. The third-order valence-electron chi connectivity index (χ3n) is 11.2. The van der Waals surface area contributed by atoms with Crippen LogP contribution in [0.15, 0.2) is 109 Å². The molecule has 380 valence electrons. The molecule has 0 heterocycles. The smallest absolute Gasteiger partial charge is 0.306 e. The highest BCUT2D eigenvalue weighted by Crippen LogP contribution is 2.14. The topological polar surface area (TPSA) is 78.9 Å². The second-order valence-corrected chi connectivity index (χ2v) is 17.7. The molecule has 0 aromatic carbocycles. The summed E-state index contributed by atoms with van der Waals surface area (Å²) in [6.45, 7) is 6.33. The van der Waals surface area contributed by atoms with Gasteiger partial charge in [-0.3, -0.25) is 14.4 Å². The highest BCUT2D eigenvalue weighted by Gasteiger charge is 2.19. The van der Waals surface area contributed by atoms with Gasteiger partial charge in [0, 0.05) is 19.3 Å². The molecule has 0 bridgehead atoms. The van der Waals surface area contributed by atoms with Crippen molar-refractivity contribution >= 4 is 17.9 Å². The van der Waals surface area contributed by atoms with Crippen molar-refractivity contribution in [3.8, 4) is 0 Å². The van der Waals surface area contributed by atoms with Gasteiger partial charge in [0.1, 0.15) is 13.2 Å². The predicted molar refractivity (Wildman–Crippen MR) is 288 cm³/mol. The summed E-state index contributed by atoms with van der Waals surface area (Å²) in [6, 6.07) is 0. The van der Waals surface area contributed by atoms with Crippen LogP contribution in [-0.4, -0.2) is 37.2 Å². The number of unbranched alkanes of at least 4 members (excludes halogenated alkanes) is 19. The lowest BCUT2D eigenvalue weighted by Crippen LogP contribution is -2.30. The molecule has 6 nitrogen and oxygen atoms in total. The van der Waals surface area contributed by atoms with Gasteiger partial charge < -0.3 is 14.2 Å². The normalized spacial score (nSPS) is 12.9. The molecule has 0 radical (unpaired) electrons. The predicted octanol–water partition coefficient (Wildman–Crippen LogP) is 18.3. The van der Waals surface area contributed by atoms with Gasteiger partial charge in [-0.05, 0) is 122 Å². The van der Waals surface area contributed by atoms with Gasteiger partial charge in [0.15, 0.2) is 6.10 Å². The third-order valence-corrected chi connectivity index (χ3v) is 11.2. The van der Waals surface area contributed by atoms with Gasteiger partial charge in [0.25, 0.3) is 0 Å². The maximum Gasteiger partial charge on any atom is 0.306 e. The Hall–Kier alpha value is -3.93. The van der Waals surface area contributed by atoms with Crippen molar-refractivity contribution < 1.29 is 28.6 Å². The molecule has 0 aliphatic rings. The highest BCUT2D eigenvalue weighted by atomic mass is 16.6. The Morgan fingerprint density at radius 2 is 0.582 bits per heavy atom. The van der Waals surface area contributed by atoms with E-state index in [1.54, 1.807) is 0 Å². The molecule has 0 fully saturated rings. The number of esters is 3. The molecule has 1 atom stereocenters. The summed E-state index contributed by atoms with van der Waals surface area (Å²) >= 11 is 0. The van der Waals surface area contributed by atoms with E-state index < -0.39 is 6.10 Å². The average Bonchev–Trinajstić information content (AvgIpc) is 3.33. The number of allylic oxidation sites excluding steroid dienone is 18. The van der Waals surface area contributed by atoms with Gasteiger partial charge >= 0.3 is 17.9 Å². The summed E-state index contributed by atoms with van der Waals surface area (Å²) in [5, 5.41) is 0. The van der Waals surface area contributed by atoms with Crippen LogP contribution in [0.25, 0.3) is 0 Å². The summed E-state index contributed by atoms with van der Waals surface area (Å²) < 4.78 is 16.8. The van der Waals surface area contributed by atoms with Crippen LogP contribution in [-0.2, 0) is 28.6 Å². The zero-order chi connectivity index (χ0) is 48.6. The van der Waals surface area contributed by atoms with Gasteiger partial charge in [-0.25, -0.2) is 0 Å². The van der Waals surface area contributed by atoms with E-state index in [1.807, 2.05) is 0 Å². The van der Waals surface area contributed by atoms with E-state index in [9.17, 15) is 14.4 Å². The van der Waals surface area contributed by atoms with Crippen LogP contribution in [0.5, 0.6) is 0 Å². The zero-order valence-corrected chi connectivity index (χ0v) is 43.4. The van der Waals surface area contributed by atoms with Crippen LogP contribution in [0.2, 0.25) is 0 Å². The van der Waals surface area contributed by atoms with E-state index >= 15 is 0 Å². The molecule has 0 spiro atoms. The van der Waals surface area contributed by atoms with Crippen LogP contribution in [0.3, 0.4) is 0 Å². The average molecular weight is 929 g/mol. The number of hydrogen-bond acceptors (Lipinski definition) is 6. The van der Waals surface area contributed by atoms with Crippen molar-refractivity contribution in [3.05, 3.63) is 109 Å². The maximum absolute atomic E-state index is 12.8. The fourth-order valence-corrected chi connectivity index (χ4v) is 7.18. The second kappa shape index (κ2) is 54.7. The quantitative estimate of drug-likeness (QED) is 0.0262. The molecule has 6 heteroatoms. The second-order valence-electron chi connectivity index (χ2n) is 17.7. The Morgan fingerprint density at radius 1 is 0.313 bits per heavy atom. The molecule has 67 heavy (non-hydrogen) atoms. The van der Waals surface area contributed by atoms with Crippen molar-refractivity contribution in [1.82, 2.24) is 0 Å². The first kappa shape index (κ1) is 63.1. The van der Waals surface area contributed by atoms with Crippen LogP contribution < -0.4 is 0 Å². The van der Waals surface area contributed by atoms with E-state index in [-0.39, 0.29) is 31.1 Å². The standard InChI is InChI=1S/C61H100O6/c1-4-7-10-13-16-19-22-25-28-29-30-31-34-37-40-43-46-49-52-55-61(64)67-58(56-65-59(62)53-50-47-44-41-38-35-32-26-23-20-17-14-11-8-5-2)57-66-60(63)54-51-48-45-42-39-36-33-27-24-21-18-15-12-9-6-3/h8-9,11-12,16-21,25-28,32-33,38,41,58H,4-7,10,13-15,22-24,29-31,34-37,39-40,42-57H2,1-3H3/b11-8-,12-9-,19-16-,20-17-,21-18-,28-25-,32-26-,33-27-,41-38-/t58-/m1/s1. The minimum Gasteiger partial charge on any atom is -0.462 e. The van der Waals surface area contributed by atoms with Gasteiger partial charge in [-0.2, -0.15) is 0 Å². The lowest BCUT2D eigenvalue weighted by Gasteiger charge is -2.18. The van der Waals surface area contributed by atoms with E-state index in [0.717, 1.165) is 128 Å². The summed E-state index contributed by atoms with van der Waals surface area (Å²) in [4.78, 5) is 38.1. The zero-order valence-electron chi connectivity index (χ0n) is 43.4. The lowest BCUT2D eigenvalue weighted by atomic mass is 10.1. The van der Waals surface area contributed by atoms with Crippen LogP contribution >= 0.6 is 0 Å². The first-order valence-corrected chi connectivity index (χ1v) is 27.4. The van der Waals surface area contributed by atoms with Crippen LogP contribution in [0.4, 0.5) is 0 Å². The van der Waals surface area contributed by atoms with Gasteiger partial charge in [-0.15, -0.1) is 0 Å². The molecule has 0 rings (SSSR count). The molecule has 0 amide bonds.